The first-order valence-electron chi connectivity index (χ1n) is 2.95. The first-order valence-corrected chi connectivity index (χ1v) is 2.95. The van der Waals surface area contributed by atoms with E-state index in [-0.39, 0.29) is 0 Å². The fourth-order valence-corrected chi connectivity index (χ4v) is 0.928. The van der Waals surface area contributed by atoms with Gasteiger partial charge in [-0.1, -0.05) is 0 Å². The van der Waals surface area contributed by atoms with Gasteiger partial charge in [0.25, 0.3) is 0 Å². The molecule has 0 saturated heterocycles. The smallest absolute Gasteiger partial charge is 0.182 e. The van der Waals surface area contributed by atoms with Gasteiger partial charge in [-0.2, -0.15) is 10.2 Å². The molecule has 4 nitrogen and oxygen atoms in total. The second-order valence-electron chi connectivity index (χ2n) is 2.15. The second kappa shape index (κ2) is 1.76. The van der Waals surface area contributed by atoms with Crippen molar-refractivity contribution in [3.63, 3.8) is 0 Å². The highest BCUT2D eigenvalue weighted by atomic mass is 16.5. The van der Waals surface area contributed by atoms with Crippen molar-refractivity contribution < 1.29 is 4.74 Å². The van der Waals surface area contributed by atoms with Crippen LogP contribution in [-0.4, -0.2) is 17.5 Å². The number of fused-ring (bicyclic) bond motifs is 1. The molecule has 2 heterocycles. The van der Waals surface area contributed by atoms with Crippen molar-refractivity contribution in [2.75, 3.05) is 6.54 Å². The number of nitrogens with zero attached hydrogens (tertiary/aromatic N) is 3. The van der Waals surface area contributed by atoms with Crippen molar-refractivity contribution in [2.24, 2.45) is 10.2 Å². The molecule has 50 valence electrons. The molecule has 0 spiro atoms. The Morgan fingerprint density at radius 3 is 3.40 bits per heavy atom. The lowest BCUT2D eigenvalue weighted by molar-refractivity contribution is -0.443. The monoisotopic (exact) mass is 135 g/mol. The summed E-state index contributed by atoms with van der Waals surface area (Å²) in [5.41, 5.74) is 1.71. The van der Waals surface area contributed by atoms with E-state index in [9.17, 15) is 5.21 Å². The molecule has 2 aliphatic rings. The highest BCUT2D eigenvalue weighted by Gasteiger charge is 2.16. The molecule has 0 aromatic carbocycles. The van der Waals surface area contributed by atoms with Crippen LogP contribution < -0.4 is 0 Å². The normalized spacial score (nSPS) is 21.4. The lowest BCUT2D eigenvalue weighted by Crippen LogP contribution is -2.12. The Morgan fingerprint density at radius 2 is 2.50 bits per heavy atom. The van der Waals surface area contributed by atoms with Crippen molar-refractivity contribution in [3.05, 3.63) is 28.8 Å². The van der Waals surface area contributed by atoms with Gasteiger partial charge >= 0.3 is 0 Å². The minimum Gasteiger partial charge on any atom is -0.624 e. The van der Waals surface area contributed by atoms with Crippen molar-refractivity contribution in [1.82, 2.24) is 0 Å². The molecule has 0 saturated carbocycles. The second-order valence-corrected chi connectivity index (χ2v) is 2.15. The van der Waals surface area contributed by atoms with E-state index in [1.54, 1.807) is 12.3 Å². The third-order valence-electron chi connectivity index (χ3n) is 1.43. The molecule has 0 aliphatic carbocycles. The molecule has 0 atom stereocenters. The van der Waals surface area contributed by atoms with Crippen LogP contribution in [0.1, 0.15) is 0 Å². The van der Waals surface area contributed by atoms with E-state index in [4.69, 9.17) is 0 Å². The van der Waals surface area contributed by atoms with Crippen molar-refractivity contribution in [3.8, 4) is 0 Å². The van der Waals surface area contributed by atoms with Crippen LogP contribution in [0.15, 0.2) is 33.8 Å². The molecule has 0 N–H and O–H groups in total. The van der Waals surface area contributed by atoms with Gasteiger partial charge in [0.1, 0.15) is 5.70 Å². The number of allylic oxidation sites excluding steroid dienone is 1. The Labute approximate surface area is 57.5 Å². The zero-order chi connectivity index (χ0) is 6.97. The summed E-state index contributed by atoms with van der Waals surface area (Å²) in [5.74, 6) is 0. The van der Waals surface area contributed by atoms with Crippen molar-refractivity contribution >= 4 is 6.21 Å². The molecule has 0 fully saturated rings. The molecule has 0 aromatic heterocycles. The maximum absolute atomic E-state index is 10.7. The minimum absolute atomic E-state index is 0.374. The number of hydrogen-bond donors (Lipinski definition) is 0. The molecule has 0 aromatic rings. The van der Waals surface area contributed by atoms with Gasteiger partial charge in [-0.15, -0.1) is 0 Å². The summed E-state index contributed by atoms with van der Waals surface area (Å²) in [7, 11) is 0. The van der Waals surface area contributed by atoms with Crippen LogP contribution in [0, 0.1) is 5.21 Å². The third-order valence-corrected chi connectivity index (χ3v) is 1.43. The van der Waals surface area contributed by atoms with Gasteiger partial charge in [0.15, 0.2) is 12.8 Å². The highest BCUT2D eigenvalue weighted by molar-refractivity contribution is 5.71. The van der Waals surface area contributed by atoms with E-state index in [1.165, 1.54) is 6.21 Å². The Kier molecular flexibility index (Phi) is 0.943. The highest BCUT2D eigenvalue weighted by Crippen LogP contribution is 2.19. The van der Waals surface area contributed by atoms with Gasteiger partial charge in [0.05, 0.1) is 11.8 Å². The SMILES string of the molecule is [O-][N+]1=CC=C2N=NC=C2C1. The van der Waals surface area contributed by atoms with Crippen LogP contribution in [-0.2, 0) is 0 Å². The fourth-order valence-electron chi connectivity index (χ4n) is 0.928. The summed E-state index contributed by atoms with van der Waals surface area (Å²) in [6, 6.07) is 0. The largest absolute Gasteiger partial charge is 0.624 e. The Hall–Kier alpha value is -1.45. The van der Waals surface area contributed by atoms with Gasteiger partial charge in [0.2, 0.25) is 0 Å². The van der Waals surface area contributed by atoms with Gasteiger partial charge in [-0.3, -0.25) is 0 Å². The van der Waals surface area contributed by atoms with E-state index < -0.39 is 0 Å². The topological polar surface area (TPSA) is 50.8 Å². The molecular formula is C6H5N3O. The number of azo groups is 1. The van der Waals surface area contributed by atoms with E-state index >= 15 is 0 Å². The zero-order valence-corrected chi connectivity index (χ0v) is 5.19. The number of hydroxylamine groups is 1. The van der Waals surface area contributed by atoms with E-state index in [0.717, 1.165) is 16.0 Å². The maximum atomic E-state index is 10.7. The summed E-state index contributed by atoms with van der Waals surface area (Å²) in [6.07, 6.45) is 4.74. The predicted molar refractivity (Wildman–Crippen MR) is 35.6 cm³/mol. The van der Waals surface area contributed by atoms with E-state index in [2.05, 4.69) is 10.2 Å². The average Bonchev–Trinajstić information content (AvgIpc) is 2.33. The van der Waals surface area contributed by atoms with Gasteiger partial charge < -0.3 is 5.21 Å². The maximum Gasteiger partial charge on any atom is 0.182 e. The van der Waals surface area contributed by atoms with Crippen LogP contribution in [0.5, 0.6) is 0 Å². The molecule has 0 amide bonds. The van der Waals surface area contributed by atoms with Gasteiger partial charge in [0, 0.05) is 6.08 Å². The van der Waals surface area contributed by atoms with Crippen LogP contribution in [0.2, 0.25) is 0 Å². The standard InChI is InChI=1S/C6H5N3O/c10-9-2-1-6-5(4-9)3-7-8-6/h1-3H,4H2. The van der Waals surface area contributed by atoms with E-state index in [1.807, 2.05) is 0 Å². The number of rotatable bonds is 0. The third kappa shape index (κ3) is 0.655. The fraction of sp³-hybridized carbons (Fsp3) is 0.167. The van der Waals surface area contributed by atoms with Crippen LogP contribution >= 0.6 is 0 Å². The minimum atomic E-state index is 0.374. The summed E-state index contributed by atoms with van der Waals surface area (Å²) >= 11 is 0. The van der Waals surface area contributed by atoms with Crippen LogP contribution in [0.25, 0.3) is 0 Å². The molecule has 2 aliphatic heterocycles. The molecule has 0 unspecified atom stereocenters. The molecule has 0 radical (unpaired) electrons. The van der Waals surface area contributed by atoms with Crippen molar-refractivity contribution in [2.45, 2.75) is 0 Å². The molecule has 2 rings (SSSR count). The Bertz CT molecular complexity index is 285. The molecular weight excluding hydrogens is 130 g/mol. The molecule has 4 heteroatoms. The van der Waals surface area contributed by atoms with Crippen LogP contribution in [0.3, 0.4) is 0 Å². The Balaban J connectivity index is 2.42. The zero-order valence-electron chi connectivity index (χ0n) is 5.19. The first-order chi connectivity index (χ1) is 4.86. The Morgan fingerprint density at radius 1 is 1.60 bits per heavy atom. The van der Waals surface area contributed by atoms with Gasteiger partial charge in [-0.05, 0) is 0 Å². The summed E-state index contributed by atoms with van der Waals surface area (Å²) in [6.45, 7) is 0.374. The van der Waals surface area contributed by atoms with Crippen LogP contribution in [0.4, 0.5) is 0 Å². The van der Waals surface area contributed by atoms with Crippen molar-refractivity contribution in [1.29, 1.82) is 0 Å². The summed E-state index contributed by atoms with van der Waals surface area (Å²) in [5, 5.41) is 18.2. The lowest BCUT2D eigenvalue weighted by Gasteiger charge is -2.06. The predicted octanol–water partition coefficient (Wildman–Crippen LogP) is 0.815. The number of hydrogen-bond acceptors (Lipinski definition) is 3. The lowest BCUT2D eigenvalue weighted by atomic mass is 10.2. The molecule has 0 bridgehead atoms. The molecule has 10 heavy (non-hydrogen) atoms. The summed E-state index contributed by atoms with van der Waals surface area (Å²) in [4.78, 5) is 0. The summed E-state index contributed by atoms with van der Waals surface area (Å²) < 4.78 is 0.853. The van der Waals surface area contributed by atoms with Gasteiger partial charge in [-0.25, -0.2) is 4.74 Å². The average molecular weight is 135 g/mol. The van der Waals surface area contributed by atoms with E-state index in [0.29, 0.717) is 6.54 Å². The quantitative estimate of drug-likeness (QED) is 0.358. The first kappa shape index (κ1) is 5.34.